The minimum Gasteiger partial charge on any atom is -0.381 e. The van der Waals surface area contributed by atoms with Gasteiger partial charge in [-0.2, -0.15) is 0 Å². The Hall–Kier alpha value is -0.610. The van der Waals surface area contributed by atoms with Crippen LogP contribution in [0, 0.1) is 11.3 Å². The van der Waals surface area contributed by atoms with Crippen molar-refractivity contribution in [1.29, 1.82) is 0 Å². The number of carbonyl (C=O) groups is 1. The molecule has 15 heavy (non-hydrogen) atoms. The molecule has 1 atom stereocenters. The number of hydrogen-bond acceptors (Lipinski definition) is 3. The van der Waals surface area contributed by atoms with Gasteiger partial charge in [-0.1, -0.05) is 0 Å². The van der Waals surface area contributed by atoms with Gasteiger partial charge in [0.1, 0.15) is 0 Å². The molecule has 1 amide bonds. The Morgan fingerprint density at radius 3 is 2.87 bits per heavy atom. The van der Waals surface area contributed by atoms with Crippen molar-refractivity contribution in [2.45, 2.75) is 25.7 Å². The van der Waals surface area contributed by atoms with Crippen molar-refractivity contribution in [3.05, 3.63) is 0 Å². The van der Waals surface area contributed by atoms with E-state index in [1.807, 2.05) is 0 Å². The van der Waals surface area contributed by atoms with Crippen LogP contribution in [0.1, 0.15) is 25.7 Å². The van der Waals surface area contributed by atoms with Crippen LogP contribution < -0.4 is 11.1 Å². The van der Waals surface area contributed by atoms with Gasteiger partial charge < -0.3 is 15.8 Å². The second-order valence-corrected chi connectivity index (χ2v) is 4.82. The number of ether oxygens (including phenoxy) is 1. The van der Waals surface area contributed by atoms with E-state index in [4.69, 9.17) is 10.5 Å². The normalized spacial score (nSPS) is 27.7. The van der Waals surface area contributed by atoms with Crippen molar-refractivity contribution < 1.29 is 9.53 Å². The van der Waals surface area contributed by atoms with E-state index in [1.54, 1.807) is 0 Å². The molecule has 0 bridgehead atoms. The maximum Gasteiger partial charge on any atom is 0.225 e. The van der Waals surface area contributed by atoms with Gasteiger partial charge in [-0.3, -0.25) is 4.79 Å². The van der Waals surface area contributed by atoms with E-state index in [9.17, 15) is 4.79 Å². The van der Waals surface area contributed by atoms with Crippen LogP contribution in [0.4, 0.5) is 0 Å². The Bertz CT molecular complexity index is 233. The SMILES string of the molecule is NCCC1(CNC(=O)C2CCOC2)CC1. The maximum atomic E-state index is 11.7. The molecule has 0 aromatic rings. The van der Waals surface area contributed by atoms with Crippen molar-refractivity contribution >= 4 is 5.91 Å². The molecule has 86 valence electrons. The predicted molar refractivity (Wildman–Crippen MR) is 57.3 cm³/mol. The van der Waals surface area contributed by atoms with Gasteiger partial charge in [0, 0.05) is 13.2 Å². The van der Waals surface area contributed by atoms with E-state index in [0.29, 0.717) is 12.0 Å². The molecule has 2 aliphatic rings. The lowest BCUT2D eigenvalue weighted by atomic mass is 10.0. The first kappa shape index (κ1) is 10.9. The second kappa shape index (κ2) is 4.49. The van der Waals surface area contributed by atoms with Crippen molar-refractivity contribution in [3.8, 4) is 0 Å². The van der Waals surface area contributed by atoms with Crippen LogP contribution in [0.25, 0.3) is 0 Å². The lowest BCUT2D eigenvalue weighted by Gasteiger charge is -2.16. The zero-order valence-corrected chi connectivity index (χ0v) is 9.13. The molecule has 3 N–H and O–H groups in total. The van der Waals surface area contributed by atoms with E-state index in [-0.39, 0.29) is 11.8 Å². The predicted octanol–water partition coefficient (Wildman–Crippen LogP) is 0.268. The van der Waals surface area contributed by atoms with E-state index in [0.717, 1.165) is 32.5 Å². The Morgan fingerprint density at radius 2 is 2.33 bits per heavy atom. The quantitative estimate of drug-likeness (QED) is 0.687. The lowest BCUT2D eigenvalue weighted by molar-refractivity contribution is -0.125. The summed E-state index contributed by atoms with van der Waals surface area (Å²) in [4.78, 5) is 11.7. The summed E-state index contributed by atoms with van der Waals surface area (Å²) in [6, 6.07) is 0. The first-order valence-electron chi connectivity index (χ1n) is 5.81. The fourth-order valence-electron chi connectivity index (χ4n) is 2.16. The Balaban J connectivity index is 1.70. The van der Waals surface area contributed by atoms with E-state index in [1.165, 1.54) is 12.8 Å². The highest BCUT2D eigenvalue weighted by Gasteiger charge is 2.42. The third kappa shape index (κ3) is 2.69. The van der Waals surface area contributed by atoms with Gasteiger partial charge in [0.2, 0.25) is 5.91 Å². The average molecular weight is 212 g/mol. The molecule has 2 rings (SSSR count). The van der Waals surface area contributed by atoms with Crippen LogP contribution in [0.2, 0.25) is 0 Å². The number of carbonyl (C=O) groups excluding carboxylic acids is 1. The fourth-order valence-corrected chi connectivity index (χ4v) is 2.16. The summed E-state index contributed by atoms with van der Waals surface area (Å²) in [7, 11) is 0. The molecule has 1 saturated carbocycles. The molecule has 1 saturated heterocycles. The van der Waals surface area contributed by atoms with Gasteiger partial charge >= 0.3 is 0 Å². The Morgan fingerprint density at radius 1 is 1.53 bits per heavy atom. The zero-order valence-electron chi connectivity index (χ0n) is 9.13. The largest absolute Gasteiger partial charge is 0.381 e. The van der Waals surface area contributed by atoms with Gasteiger partial charge in [-0.15, -0.1) is 0 Å². The second-order valence-electron chi connectivity index (χ2n) is 4.82. The molecule has 0 radical (unpaired) electrons. The summed E-state index contributed by atoms with van der Waals surface area (Å²) >= 11 is 0. The molecule has 4 nitrogen and oxygen atoms in total. The van der Waals surface area contributed by atoms with E-state index in [2.05, 4.69) is 5.32 Å². The molecular weight excluding hydrogens is 192 g/mol. The molecule has 1 aliphatic heterocycles. The van der Waals surface area contributed by atoms with Crippen LogP contribution in [-0.4, -0.2) is 32.2 Å². The number of nitrogens with one attached hydrogen (secondary N) is 1. The van der Waals surface area contributed by atoms with Crippen LogP contribution in [0.5, 0.6) is 0 Å². The van der Waals surface area contributed by atoms with Crippen molar-refractivity contribution in [2.75, 3.05) is 26.3 Å². The Kier molecular flexibility index (Phi) is 3.26. The highest BCUT2D eigenvalue weighted by molar-refractivity contribution is 5.79. The molecular formula is C11H20N2O2. The molecule has 0 aromatic carbocycles. The van der Waals surface area contributed by atoms with E-state index < -0.39 is 0 Å². The van der Waals surface area contributed by atoms with Crippen molar-refractivity contribution in [1.82, 2.24) is 5.32 Å². The van der Waals surface area contributed by atoms with Gasteiger partial charge in [0.05, 0.1) is 12.5 Å². The van der Waals surface area contributed by atoms with Gasteiger partial charge in [0.25, 0.3) is 0 Å². The van der Waals surface area contributed by atoms with Crippen LogP contribution in [0.3, 0.4) is 0 Å². The molecule has 2 fully saturated rings. The molecule has 4 heteroatoms. The third-order valence-corrected chi connectivity index (χ3v) is 3.57. The van der Waals surface area contributed by atoms with Crippen LogP contribution in [-0.2, 0) is 9.53 Å². The van der Waals surface area contributed by atoms with Gasteiger partial charge in [-0.25, -0.2) is 0 Å². The molecule has 0 spiro atoms. The number of nitrogens with two attached hydrogens (primary N) is 1. The van der Waals surface area contributed by atoms with Crippen LogP contribution in [0.15, 0.2) is 0 Å². The van der Waals surface area contributed by atoms with Crippen molar-refractivity contribution in [2.24, 2.45) is 17.1 Å². The summed E-state index contributed by atoms with van der Waals surface area (Å²) in [6.45, 7) is 2.85. The summed E-state index contributed by atoms with van der Waals surface area (Å²) in [5, 5.41) is 3.04. The smallest absolute Gasteiger partial charge is 0.225 e. The molecule has 0 aromatic heterocycles. The first-order chi connectivity index (χ1) is 7.26. The minimum absolute atomic E-state index is 0.0821. The number of rotatable bonds is 5. The average Bonchev–Trinajstić information content (AvgIpc) is 2.81. The monoisotopic (exact) mass is 212 g/mol. The molecule has 1 unspecified atom stereocenters. The van der Waals surface area contributed by atoms with Crippen molar-refractivity contribution in [3.63, 3.8) is 0 Å². The minimum atomic E-state index is 0.0821. The third-order valence-electron chi connectivity index (χ3n) is 3.57. The van der Waals surface area contributed by atoms with E-state index >= 15 is 0 Å². The summed E-state index contributed by atoms with van der Waals surface area (Å²) in [5.41, 5.74) is 5.89. The summed E-state index contributed by atoms with van der Waals surface area (Å²) in [5.74, 6) is 0.245. The highest BCUT2D eigenvalue weighted by Crippen LogP contribution is 2.47. The van der Waals surface area contributed by atoms with Gasteiger partial charge in [0.15, 0.2) is 0 Å². The molecule has 1 heterocycles. The lowest BCUT2D eigenvalue weighted by Crippen LogP contribution is -2.35. The maximum absolute atomic E-state index is 11.7. The standard InChI is InChI=1S/C11H20N2O2/c12-5-4-11(2-3-11)8-13-10(14)9-1-6-15-7-9/h9H,1-8,12H2,(H,13,14). The van der Waals surface area contributed by atoms with Gasteiger partial charge in [-0.05, 0) is 37.6 Å². The van der Waals surface area contributed by atoms with Crippen LogP contribution >= 0.6 is 0 Å². The summed E-state index contributed by atoms with van der Waals surface area (Å²) < 4.78 is 5.19. The fraction of sp³-hybridized carbons (Fsp3) is 0.909. The summed E-state index contributed by atoms with van der Waals surface area (Å²) in [6.07, 6.45) is 4.33. The number of amides is 1. The number of hydrogen-bond donors (Lipinski definition) is 2. The molecule has 1 aliphatic carbocycles. The topological polar surface area (TPSA) is 64.3 Å². The Labute approximate surface area is 90.5 Å². The zero-order chi connectivity index (χ0) is 10.7. The first-order valence-corrected chi connectivity index (χ1v) is 5.81. The highest BCUT2D eigenvalue weighted by atomic mass is 16.5.